The van der Waals surface area contributed by atoms with Gasteiger partial charge >= 0.3 is 13.5 Å². The predicted molar refractivity (Wildman–Crippen MR) is 169 cm³/mol. The number of hydrogen-bond donors (Lipinski definition) is 3. The molecule has 2 aliphatic rings. The number of thiol groups is 1. The first-order valence-corrected chi connectivity index (χ1v) is 19.5. The van der Waals surface area contributed by atoms with Gasteiger partial charge in [-0.1, -0.05) is 12.2 Å². The molecule has 5 aromatic rings. The molecule has 0 aromatic carbocycles. The summed E-state index contributed by atoms with van der Waals surface area (Å²) in [5.41, 5.74) is 8.69. The molecule has 2 saturated heterocycles. The van der Waals surface area contributed by atoms with Gasteiger partial charge in [-0.2, -0.15) is 0 Å². The van der Waals surface area contributed by atoms with E-state index in [9.17, 15) is 9.46 Å². The van der Waals surface area contributed by atoms with Gasteiger partial charge in [0.05, 0.1) is 38.6 Å². The van der Waals surface area contributed by atoms with Gasteiger partial charge in [-0.15, -0.1) is 0 Å². The molecule has 2 unspecified atom stereocenters. The lowest BCUT2D eigenvalue weighted by molar-refractivity contribution is -0.0407. The third kappa shape index (κ3) is 6.44. The fraction of sp³-hybridized carbons (Fsp3) is 0.500. The van der Waals surface area contributed by atoms with Crippen molar-refractivity contribution in [2.24, 2.45) is 0 Å². The van der Waals surface area contributed by atoms with Crippen molar-refractivity contribution in [2.75, 3.05) is 25.6 Å². The van der Waals surface area contributed by atoms with E-state index in [1.165, 1.54) is 6.33 Å². The molecule has 18 nitrogen and oxygen atoms in total. The number of rotatable bonds is 12. The lowest BCUT2D eigenvalue weighted by Crippen LogP contribution is -2.28. The van der Waals surface area contributed by atoms with Crippen LogP contribution in [0.4, 0.5) is 5.82 Å². The molecule has 22 heteroatoms. The van der Waals surface area contributed by atoms with Gasteiger partial charge in [-0.3, -0.25) is 22.6 Å². The van der Waals surface area contributed by atoms with Gasteiger partial charge in [0.15, 0.2) is 28.3 Å². The van der Waals surface area contributed by atoms with Crippen molar-refractivity contribution >= 4 is 71.4 Å². The topological polar surface area (TPSA) is 210 Å². The predicted octanol–water partition coefficient (Wildman–Crippen LogP) is 3.18. The first-order chi connectivity index (χ1) is 22.1. The fourth-order valence-electron chi connectivity index (χ4n) is 5.53. The molecule has 7 rings (SSSR count). The number of nitrogens with zero attached hydrogens (tertiary/aromatic N) is 9. The van der Waals surface area contributed by atoms with Crippen molar-refractivity contribution in [3.05, 3.63) is 37.7 Å². The van der Waals surface area contributed by atoms with E-state index >= 15 is 0 Å². The SMILES string of the molecule is CCOP(O)(=S)OC[C@H]1O[C@@H](n2cnc3c2ncn2ccnc32)C[C@@H]1OP(=O)(S)OC[C@@H]1CC[C@H](n2cnc3c(N)ncnc32)O1. The van der Waals surface area contributed by atoms with E-state index in [2.05, 4.69) is 42.2 Å². The molecular weight excluding hydrogens is 682 g/mol. The maximum Gasteiger partial charge on any atom is 0.386 e. The van der Waals surface area contributed by atoms with Crippen molar-refractivity contribution in [2.45, 2.75) is 57.0 Å². The fourth-order valence-corrected chi connectivity index (χ4v) is 8.31. The average Bonchev–Trinajstić information content (AvgIpc) is 3.84. The molecule has 3 N–H and O–H groups in total. The van der Waals surface area contributed by atoms with Gasteiger partial charge in [0.25, 0.3) is 0 Å². The number of anilines is 1. The third-order valence-electron chi connectivity index (χ3n) is 7.61. The Morgan fingerprint density at radius 3 is 2.59 bits per heavy atom. The van der Waals surface area contributed by atoms with E-state index in [4.69, 9.17) is 45.1 Å². The number of hydrogen-bond acceptors (Lipinski definition) is 15. The van der Waals surface area contributed by atoms with E-state index < -0.39 is 38.1 Å². The van der Waals surface area contributed by atoms with Crippen LogP contribution in [0, 0.1) is 0 Å². The number of imidazole rings is 3. The van der Waals surface area contributed by atoms with Gasteiger partial charge in [-0.25, -0.2) is 34.5 Å². The standard InChI is InChI=1S/C24H30N10O8P2S2/c1-2-37-43(35,45)39-9-16-15(7-18(41-16)34-13-30-20-22-26-5-6-32(22)11-31-24(20)34)42-44(36,46)38-8-14-3-4-17(40-14)33-12-29-19-21(25)27-10-28-23(19)33/h5-6,10-18H,2-4,7-9H2,1H3,(H,35,45)(H,36,46)(H2,25,27,28)/t14-,15-,16+,17+,18+,43?,44?/m0/s1. The molecule has 0 radical (unpaired) electrons. The maximum atomic E-state index is 13.5. The molecule has 0 saturated carbocycles. The molecule has 5 aromatic heterocycles. The minimum Gasteiger partial charge on any atom is -0.382 e. The Labute approximate surface area is 271 Å². The molecule has 0 aliphatic carbocycles. The van der Waals surface area contributed by atoms with Crippen LogP contribution in [0.3, 0.4) is 0 Å². The van der Waals surface area contributed by atoms with Gasteiger partial charge in [-0.05, 0) is 31.6 Å². The summed E-state index contributed by atoms with van der Waals surface area (Å²) in [6, 6.07) is 0. The summed E-state index contributed by atoms with van der Waals surface area (Å²) in [6.45, 7) is -5.88. The van der Waals surface area contributed by atoms with Crippen LogP contribution in [0.5, 0.6) is 0 Å². The molecular formula is C24H30N10O8P2S2. The first kappa shape index (κ1) is 32.0. The van der Waals surface area contributed by atoms with Crippen molar-refractivity contribution in [1.82, 2.24) is 43.4 Å². The lowest BCUT2D eigenvalue weighted by atomic mass is 10.2. The summed E-state index contributed by atoms with van der Waals surface area (Å²) >= 11 is 9.33. The summed E-state index contributed by atoms with van der Waals surface area (Å²) in [5, 5.41) is 0. The molecule has 2 fully saturated rings. The summed E-state index contributed by atoms with van der Waals surface area (Å²) in [7, 11) is 0. The number of ether oxygens (including phenoxy) is 2. The van der Waals surface area contributed by atoms with E-state index in [-0.39, 0.29) is 38.3 Å². The van der Waals surface area contributed by atoms with Crippen molar-refractivity contribution in [3.63, 3.8) is 0 Å². The van der Waals surface area contributed by atoms with Crippen molar-refractivity contribution in [1.29, 1.82) is 0 Å². The Hall–Kier alpha value is -2.61. The van der Waals surface area contributed by atoms with E-state index in [1.54, 1.807) is 51.8 Å². The van der Waals surface area contributed by atoms with Crippen LogP contribution in [-0.4, -0.2) is 86.5 Å². The number of aromatic nitrogens is 9. The largest absolute Gasteiger partial charge is 0.386 e. The summed E-state index contributed by atoms with van der Waals surface area (Å²) in [4.78, 5) is 36.2. The molecule has 7 heterocycles. The zero-order valence-electron chi connectivity index (χ0n) is 24.3. The van der Waals surface area contributed by atoms with Gasteiger partial charge in [0.2, 0.25) is 0 Å². The molecule has 7 atom stereocenters. The van der Waals surface area contributed by atoms with Gasteiger partial charge in [0.1, 0.15) is 42.8 Å². The number of fused-ring (bicyclic) bond motifs is 4. The summed E-state index contributed by atoms with van der Waals surface area (Å²) in [6.07, 6.45) is 8.00. The second-order valence-corrected chi connectivity index (χ2v) is 16.3. The Morgan fingerprint density at radius 2 is 1.76 bits per heavy atom. The highest BCUT2D eigenvalue weighted by molar-refractivity contribution is 8.44. The quantitative estimate of drug-likeness (QED) is 0.125. The van der Waals surface area contributed by atoms with Crippen molar-refractivity contribution in [3.8, 4) is 0 Å². The van der Waals surface area contributed by atoms with Crippen LogP contribution in [-0.2, 0) is 43.9 Å². The van der Waals surface area contributed by atoms with E-state index in [0.29, 0.717) is 40.8 Å². The molecule has 0 amide bonds. The second kappa shape index (κ2) is 12.8. The van der Waals surface area contributed by atoms with Crippen LogP contribution in [0.2, 0.25) is 0 Å². The molecule has 246 valence electrons. The van der Waals surface area contributed by atoms with Gasteiger partial charge < -0.3 is 29.1 Å². The van der Waals surface area contributed by atoms with Crippen LogP contribution >= 0.6 is 25.8 Å². The minimum atomic E-state index is -3.95. The first-order valence-electron chi connectivity index (χ1n) is 14.3. The highest BCUT2D eigenvalue weighted by Gasteiger charge is 2.43. The minimum absolute atomic E-state index is 0.0443. The van der Waals surface area contributed by atoms with Crippen LogP contribution in [0.1, 0.15) is 38.6 Å². The Bertz CT molecular complexity index is 1970. The second-order valence-electron chi connectivity index (χ2n) is 10.6. The zero-order valence-corrected chi connectivity index (χ0v) is 27.8. The Kier molecular flexibility index (Phi) is 8.88. The maximum absolute atomic E-state index is 13.5. The highest BCUT2D eigenvalue weighted by atomic mass is 32.7. The normalized spacial score (nSPS) is 26.3. The molecule has 2 aliphatic heterocycles. The van der Waals surface area contributed by atoms with E-state index in [1.807, 2.05) is 0 Å². The van der Waals surface area contributed by atoms with Crippen LogP contribution in [0.15, 0.2) is 37.7 Å². The Morgan fingerprint density at radius 1 is 0.978 bits per heavy atom. The molecule has 0 spiro atoms. The number of nitrogen functional groups attached to an aromatic ring is 1. The summed E-state index contributed by atoms with van der Waals surface area (Å²) in [5.74, 6) is 0.279. The monoisotopic (exact) mass is 712 g/mol. The third-order valence-corrected chi connectivity index (χ3v) is 10.9. The van der Waals surface area contributed by atoms with Crippen molar-refractivity contribution < 1.29 is 37.0 Å². The van der Waals surface area contributed by atoms with Gasteiger partial charge in [0, 0.05) is 18.8 Å². The van der Waals surface area contributed by atoms with Crippen LogP contribution < -0.4 is 5.73 Å². The highest BCUT2D eigenvalue weighted by Crippen LogP contribution is 2.57. The lowest BCUT2D eigenvalue weighted by Gasteiger charge is -2.24. The molecule has 0 bridgehead atoms. The number of nitrogens with two attached hydrogens (primary N) is 1. The molecule has 46 heavy (non-hydrogen) atoms. The zero-order chi connectivity index (χ0) is 32.1. The average molecular weight is 713 g/mol. The van der Waals surface area contributed by atoms with E-state index in [0.717, 1.165) is 0 Å². The Balaban J connectivity index is 1.03. The van der Waals surface area contributed by atoms with Crippen LogP contribution in [0.25, 0.3) is 28.0 Å². The summed E-state index contributed by atoms with van der Waals surface area (Å²) < 4.78 is 53.5. The smallest absolute Gasteiger partial charge is 0.382 e.